The van der Waals surface area contributed by atoms with Crippen LogP contribution in [0.1, 0.15) is 48.9 Å². The Morgan fingerprint density at radius 1 is 0.926 bits per heavy atom. The van der Waals surface area contributed by atoms with Gasteiger partial charge in [-0.1, -0.05) is 24.3 Å². The minimum atomic E-state index is -0.247. The van der Waals surface area contributed by atoms with Gasteiger partial charge >= 0.3 is 0 Å². The molecule has 4 heteroatoms. The van der Waals surface area contributed by atoms with Crippen LogP contribution in [0.25, 0.3) is 11.1 Å². The van der Waals surface area contributed by atoms with Crippen LogP contribution in [0.4, 0.5) is 4.39 Å². The Bertz CT molecular complexity index is 860. The van der Waals surface area contributed by atoms with Crippen LogP contribution in [0.3, 0.4) is 0 Å². The molecule has 4 atom stereocenters. The van der Waals surface area contributed by atoms with Crippen LogP contribution in [-0.2, 0) is 0 Å². The molecular formula is C23H25FN2O. The molecular weight excluding hydrogens is 339 g/mol. The molecule has 3 nitrogen and oxygen atoms in total. The molecule has 2 aromatic carbocycles. The highest BCUT2D eigenvalue weighted by molar-refractivity contribution is 5.95. The molecule has 2 unspecified atom stereocenters. The van der Waals surface area contributed by atoms with E-state index in [1.165, 1.54) is 18.6 Å². The van der Waals surface area contributed by atoms with E-state index in [9.17, 15) is 9.18 Å². The maximum absolute atomic E-state index is 13.1. The number of halogens is 1. The summed E-state index contributed by atoms with van der Waals surface area (Å²) < 4.78 is 13.1. The molecule has 4 saturated carbocycles. The largest absolute Gasteiger partial charge is 0.347 e. The van der Waals surface area contributed by atoms with Gasteiger partial charge < -0.3 is 11.1 Å². The molecule has 0 radical (unpaired) electrons. The Kier molecular flexibility index (Phi) is 3.70. The number of hydrogen-bond acceptors (Lipinski definition) is 2. The number of benzene rings is 2. The van der Waals surface area contributed by atoms with Crippen molar-refractivity contribution in [2.24, 2.45) is 17.6 Å². The topological polar surface area (TPSA) is 55.1 Å². The van der Waals surface area contributed by atoms with Crippen LogP contribution in [-0.4, -0.2) is 17.0 Å². The van der Waals surface area contributed by atoms with Gasteiger partial charge in [0.1, 0.15) is 5.82 Å². The summed E-state index contributed by atoms with van der Waals surface area (Å²) in [5.74, 6) is 1.07. The fourth-order valence-corrected chi connectivity index (χ4v) is 6.25. The zero-order valence-electron chi connectivity index (χ0n) is 15.4. The highest BCUT2D eigenvalue weighted by Crippen LogP contribution is 2.56. The van der Waals surface area contributed by atoms with Gasteiger partial charge in [-0.2, -0.15) is 0 Å². The second kappa shape index (κ2) is 5.90. The van der Waals surface area contributed by atoms with E-state index in [1.54, 1.807) is 12.1 Å². The molecule has 1 amide bonds. The zero-order valence-corrected chi connectivity index (χ0v) is 15.4. The van der Waals surface area contributed by atoms with E-state index in [2.05, 4.69) is 5.32 Å². The predicted octanol–water partition coefficient (Wildman–Crippen LogP) is 4.27. The normalized spacial score (nSPS) is 33.9. The van der Waals surface area contributed by atoms with Gasteiger partial charge in [0.2, 0.25) is 0 Å². The van der Waals surface area contributed by atoms with Gasteiger partial charge in [0.15, 0.2) is 0 Å². The SMILES string of the molecule is NC12C[C@H]3C[C@@H](C1)CC(NC(=O)c1ccc(-c4ccc(F)cc4)cc1)(C3)C2. The lowest BCUT2D eigenvalue weighted by Crippen LogP contribution is -2.68. The van der Waals surface area contributed by atoms with Gasteiger partial charge in [-0.25, -0.2) is 4.39 Å². The highest BCUT2D eigenvalue weighted by Gasteiger charge is 2.56. The Hall–Kier alpha value is -2.20. The first-order valence-electron chi connectivity index (χ1n) is 9.90. The maximum atomic E-state index is 13.1. The fourth-order valence-electron chi connectivity index (χ4n) is 6.25. The lowest BCUT2D eigenvalue weighted by atomic mass is 9.50. The summed E-state index contributed by atoms with van der Waals surface area (Å²) >= 11 is 0. The average Bonchev–Trinajstić information content (AvgIpc) is 2.60. The summed E-state index contributed by atoms with van der Waals surface area (Å²) in [6.45, 7) is 0. The lowest BCUT2D eigenvalue weighted by molar-refractivity contribution is -0.0320. The summed E-state index contributed by atoms with van der Waals surface area (Å²) in [6.07, 6.45) is 6.57. The standard InChI is InChI=1S/C23H25FN2O/c24-20-7-5-18(6-8-20)17-1-3-19(4-2-17)21(27)26-23-12-15-9-16(13-23)11-22(25,10-15)14-23/h1-8,15-16H,9-14,25H2,(H,26,27)/t15-,16+,22?,23?. The van der Waals surface area contributed by atoms with Gasteiger partial charge in [-0.05, 0) is 85.8 Å². The summed E-state index contributed by atoms with van der Waals surface area (Å²) in [5.41, 5.74) is 9.02. The lowest BCUT2D eigenvalue weighted by Gasteiger charge is -2.61. The van der Waals surface area contributed by atoms with Gasteiger partial charge in [0.05, 0.1) is 0 Å². The number of nitrogens with two attached hydrogens (primary N) is 1. The van der Waals surface area contributed by atoms with Crippen molar-refractivity contribution in [2.75, 3.05) is 0 Å². The third kappa shape index (κ3) is 3.06. The van der Waals surface area contributed by atoms with E-state index in [4.69, 9.17) is 5.73 Å². The second-order valence-electron chi connectivity index (χ2n) is 9.14. The van der Waals surface area contributed by atoms with Crippen LogP contribution in [0.5, 0.6) is 0 Å². The molecule has 2 aromatic rings. The van der Waals surface area contributed by atoms with E-state index in [1.807, 2.05) is 24.3 Å². The van der Waals surface area contributed by atoms with Crippen molar-refractivity contribution in [1.29, 1.82) is 0 Å². The maximum Gasteiger partial charge on any atom is 0.251 e. The van der Waals surface area contributed by atoms with Crippen molar-refractivity contribution in [2.45, 2.75) is 49.6 Å². The molecule has 4 bridgehead atoms. The van der Waals surface area contributed by atoms with Crippen molar-refractivity contribution >= 4 is 5.91 Å². The summed E-state index contributed by atoms with van der Waals surface area (Å²) in [7, 11) is 0. The third-order valence-electron chi connectivity index (χ3n) is 6.81. The summed E-state index contributed by atoms with van der Waals surface area (Å²) in [6, 6.07) is 14.0. The minimum Gasteiger partial charge on any atom is -0.347 e. The smallest absolute Gasteiger partial charge is 0.251 e. The average molecular weight is 364 g/mol. The highest BCUT2D eigenvalue weighted by atomic mass is 19.1. The van der Waals surface area contributed by atoms with E-state index in [-0.39, 0.29) is 22.8 Å². The Balaban J connectivity index is 1.33. The number of carbonyl (C=O) groups is 1. The number of rotatable bonds is 3. The molecule has 3 N–H and O–H groups in total. The Morgan fingerprint density at radius 2 is 1.48 bits per heavy atom. The van der Waals surface area contributed by atoms with E-state index < -0.39 is 0 Å². The number of carbonyl (C=O) groups excluding carboxylic acids is 1. The van der Waals surface area contributed by atoms with Gasteiger partial charge in [0.25, 0.3) is 5.91 Å². The van der Waals surface area contributed by atoms with Crippen LogP contribution in [0.2, 0.25) is 0 Å². The Labute approximate surface area is 159 Å². The molecule has 0 aliphatic heterocycles. The molecule has 4 aliphatic carbocycles. The first-order valence-corrected chi connectivity index (χ1v) is 9.90. The van der Waals surface area contributed by atoms with E-state index in [0.29, 0.717) is 17.4 Å². The number of hydrogen-bond donors (Lipinski definition) is 2. The molecule has 27 heavy (non-hydrogen) atoms. The molecule has 0 heterocycles. The minimum absolute atomic E-state index is 0.00814. The Morgan fingerprint density at radius 3 is 2.04 bits per heavy atom. The van der Waals surface area contributed by atoms with Gasteiger partial charge in [-0.15, -0.1) is 0 Å². The molecule has 4 aliphatic rings. The van der Waals surface area contributed by atoms with Crippen LogP contribution in [0, 0.1) is 17.7 Å². The van der Waals surface area contributed by atoms with Gasteiger partial charge in [-0.3, -0.25) is 4.79 Å². The molecule has 140 valence electrons. The van der Waals surface area contributed by atoms with Crippen LogP contribution in [0.15, 0.2) is 48.5 Å². The van der Waals surface area contributed by atoms with Crippen molar-refractivity contribution in [3.8, 4) is 11.1 Å². The number of amides is 1. The van der Waals surface area contributed by atoms with Crippen molar-refractivity contribution in [3.05, 3.63) is 59.9 Å². The second-order valence-corrected chi connectivity index (χ2v) is 9.14. The molecule has 0 saturated heterocycles. The van der Waals surface area contributed by atoms with Crippen molar-refractivity contribution in [1.82, 2.24) is 5.32 Å². The molecule has 0 spiro atoms. The first-order chi connectivity index (χ1) is 12.9. The van der Waals surface area contributed by atoms with Crippen LogP contribution < -0.4 is 11.1 Å². The van der Waals surface area contributed by atoms with E-state index >= 15 is 0 Å². The third-order valence-corrected chi connectivity index (χ3v) is 6.81. The van der Waals surface area contributed by atoms with Crippen LogP contribution >= 0.6 is 0 Å². The summed E-state index contributed by atoms with van der Waals surface area (Å²) in [5, 5.41) is 3.36. The first kappa shape index (κ1) is 16.9. The fraction of sp³-hybridized carbons (Fsp3) is 0.435. The van der Waals surface area contributed by atoms with Gasteiger partial charge in [0, 0.05) is 16.6 Å². The quantitative estimate of drug-likeness (QED) is 0.854. The molecule has 6 rings (SSSR count). The number of nitrogens with one attached hydrogen (secondary N) is 1. The molecule has 4 fully saturated rings. The van der Waals surface area contributed by atoms with Crippen molar-refractivity contribution in [3.63, 3.8) is 0 Å². The monoisotopic (exact) mass is 364 g/mol. The van der Waals surface area contributed by atoms with Crippen molar-refractivity contribution < 1.29 is 9.18 Å². The van der Waals surface area contributed by atoms with E-state index in [0.717, 1.165) is 43.2 Å². The summed E-state index contributed by atoms with van der Waals surface area (Å²) in [4.78, 5) is 12.9. The zero-order chi connectivity index (χ0) is 18.6. The predicted molar refractivity (Wildman–Crippen MR) is 104 cm³/mol. The molecule has 0 aromatic heterocycles.